The predicted octanol–water partition coefficient (Wildman–Crippen LogP) is 1.86. The molecule has 0 spiro atoms. The minimum Gasteiger partial charge on any atom is -0.296 e. The quantitative estimate of drug-likeness (QED) is 0.482. The fourth-order valence-electron chi connectivity index (χ4n) is 1.47. The number of aromatic nitrogens is 1. The second-order valence-electron chi connectivity index (χ2n) is 3.30. The third-order valence-electron chi connectivity index (χ3n) is 2.17. The highest BCUT2D eigenvalue weighted by molar-refractivity contribution is 14.1. The summed E-state index contributed by atoms with van der Waals surface area (Å²) in [6.45, 7) is 0.495. The fraction of sp³-hybridized carbons (Fsp3) is 0.333. The lowest BCUT2D eigenvalue weighted by Gasteiger charge is -2.14. The van der Waals surface area contributed by atoms with Crippen molar-refractivity contribution in [3.8, 4) is 0 Å². The first kappa shape index (κ1) is 11.1. The third-order valence-corrected chi connectivity index (χ3v) is 3.32. The van der Waals surface area contributed by atoms with Crippen LogP contribution in [0.25, 0.3) is 0 Å². The van der Waals surface area contributed by atoms with Crippen molar-refractivity contribution in [2.24, 2.45) is 0 Å². The summed E-state index contributed by atoms with van der Waals surface area (Å²) < 4.78 is 13.6. The molecule has 2 rings (SSSR count). The monoisotopic (exact) mass is 338 g/mol. The van der Waals surface area contributed by atoms with Gasteiger partial charge in [0.05, 0.1) is 3.57 Å². The first-order valence-electron chi connectivity index (χ1n) is 4.38. The molecule has 3 nitrogen and oxygen atoms in total. The number of amides is 1. The Kier molecular flexibility index (Phi) is 3.15. The molecule has 1 fully saturated rings. The van der Waals surface area contributed by atoms with Crippen molar-refractivity contribution < 1.29 is 9.18 Å². The number of hydrogen-bond donors (Lipinski definition) is 1. The Morgan fingerprint density at radius 1 is 1.60 bits per heavy atom. The van der Waals surface area contributed by atoms with Crippen LogP contribution < -0.4 is 4.90 Å². The molecule has 0 radical (unpaired) electrons. The van der Waals surface area contributed by atoms with Crippen LogP contribution in [0.15, 0.2) is 12.1 Å². The Morgan fingerprint density at radius 3 is 2.87 bits per heavy atom. The van der Waals surface area contributed by atoms with Gasteiger partial charge in [0.2, 0.25) is 11.9 Å². The summed E-state index contributed by atoms with van der Waals surface area (Å²) in [5.41, 5.74) is 0. The summed E-state index contributed by atoms with van der Waals surface area (Å²) in [6.07, 6.45) is 0.387. The zero-order chi connectivity index (χ0) is 11.0. The van der Waals surface area contributed by atoms with Crippen LogP contribution in [0.5, 0.6) is 0 Å². The topological polar surface area (TPSA) is 33.2 Å². The summed E-state index contributed by atoms with van der Waals surface area (Å²) in [5.74, 6) is -0.221. The molecule has 1 atom stereocenters. The van der Waals surface area contributed by atoms with E-state index in [1.807, 2.05) is 22.6 Å². The second-order valence-corrected chi connectivity index (χ2v) is 5.20. The van der Waals surface area contributed by atoms with Crippen LogP contribution >= 0.6 is 35.2 Å². The maximum absolute atomic E-state index is 13.2. The van der Waals surface area contributed by atoms with E-state index in [0.717, 1.165) is 0 Å². The lowest BCUT2D eigenvalue weighted by Crippen LogP contribution is -2.25. The van der Waals surface area contributed by atoms with Crippen LogP contribution in [-0.2, 0) is 4.79 Å². The Labute approximate surface area is 106 Å². The molecule has 1 aliphatic rings. The van der Waals surface area contributed by atoms with Gasteiger partial charge in [0.25, 0.3) is 0 Å². The van der Waals surface area contributed by atoms with Gasteiger partial charge < -0.3 is 0 Å². The minimum atomic E-state index is -0.538. The molecule has 1 amide bonds. The lowest BCUT2D eigenvalue weighted by atomic mass is 10.4. The molecule has 0 aliphatic carbocycles. The molecule has 0 saturated carbocycles. The SMILES string of the molecule is O=C1CC(S)CN1c1ccc(I)c(F)n1. The van der Waals surface area contributed by atoms with Crippen molar-refractivity contribution in [3.63, 3.8) is 0 Å². The van der Waals surface area contributed by atoms with Gasteiger partial charge in [-0.3, -0.25) is 9.69 Å². The smallest absolute Gasteiger partial charge is 0.229 e. The van der Waals surface area contributed by atoms with Gasteiger partial charge in [0.15, 0.2) is 0 Å². The molecule has 0 aromatic carbocycles. The van der Waals surface area contributed by atoms with Gasteiger partial charge in [-0.05, 0) is 34.7 Å². The van der Waals surface area contributed by atoms with E-state index in [-0.39, 0.29) is 11.2 Å². The highest BCUT2D eigenvalue weighted by Gasteiger charge is 2.29. The van der Waals surface area contributed by atoms with Gasteiger partial charge in [-0.1, -0.05) is 0 Å². The first-order valence-corrected chi connectivity index (χ1v) is 5.98. The van der Waals surface area contributed by atoms with Gasteiger partial charge in [0, 0.05) is 18.2 Å². The highest BCUT2D eigenvalue weighted by Crippen LogP contribution is 2.23. The van der Waals surface area contributed by atoms with Gasteiger partial charge in [0.1, 0.15) is 5.82 Å². The number of anilines is 1. The molecule has 80 valence electrons. The maximum Gasteiger partial charge on any atom is 0.229 e. The van der Waals surface area contributed by atoms with E-state index in [1.165, 1.54) is 4.90 Å². The average Bonchev–Trinajstić information content (AvgIpc) is 2.50. The van der Waals surface area contributed by atoms with Crippen LogP contribution in [0.1, 0.15) is 6.42 Å². The molecule has 1 aliphatic heterocycles. The second kappa shape index (κ2) is 4.25. The van der Waals surface area contributed by atoms with Gasteiger partial charge >= 0.3 is 0 Å². The Bertz CT molecular complexity index is 415. The largest absolute Gasteiger partial charge is 0.296 e. The standard InChI is InChI=1S/C9H8FIN2OS/c10-9-6(11)1-2-7(12-9)13-4-5(15)3-8(13)14/h1-2,5,15H,3-4H2. The fourth-order valence-corrected chi connectivity index (χ4v) is 2.09. The van der Waals surface area contributed by atoms with Crippen LogP contribution in [0.2, 0.25) is 0 Å². The van der Waals surface area contributed by atoms with Gasteiger partial charge in [-0.2, -0.15) is 17.0 Å². The normalized spacial score (nSPS) is 21.1. The Morgan fingerprint density at radius 2 is 2.33 bits per heavy atom. The molecule has 6 heteroatoms. The summed E-state index contributed by atoms with van der Waals surface area (Å²) in [4.78, 5) is 16.7. The Balaban J connectivity index is 2.30. The lowest BCUT2D eigenvalue weighted by molar-refractivity contribution is -0.117. The van der Waals surface area contributed by atoms with Gasteiger partial charge in [-0.15, -0.1) is 0 Å². The molecule has 2 heterocycles. The zero-order valence-corrected chi connectivity index (χ0v) is 10.7. The van der Waals surface area contributed by atoms with Crippen molar-refractivity contribution in [2.45, 2.75) is 11.7 Å². The number of nitrogens with zero attached hydrogens (tertiary/aromatic N) is 2. The van der Waals surface area contributed by atoms with Crippen molar-refractivity contribution in [3.05, 3.63) is 21.7 Å². The van der Waals surface area contributed by atoms with E-state index in [0.29, 0.717) is 22.4 Å². The summed E-state index contributed by atoms with van der Waals surface area (Å²) in [6, 6.07) is 3.26. The third kappa shape index (κ3) is 2.25. The molecule has 0 bridgehead atoms. The molecule has 15 heavy (non-hydrogen) atoms. The zero-order valence-electron chi connectivity index (χ0n) is 7.65. The summed E-state index contributed by atoms with van der Waals surface area (Å²) in [7, 11) is 0. The van der Waals surface area contributed by atoms with Crippen molar-refractivity contribution in [1.29, 1.82) is 0 Å². The van der Waals surface area contributed by atoms with Crippen LogP contribution in [-0.4, -0.2) is 22.7 Å². The molecule has 1 saturated heterocycles. The number of pyridine rings is 1. The van der Waals surface area contributed by atoms with E-state index in [4.69, 9.17) is 0 Å². The van der Waals surface area contributed by atoms with Crippen molar-refractivity contribution in [2.75, 3.05) is 11.4 Å². The first-order chi connectivity index (χ1) is 7.08. The molecule has 1 aromatic heterocycles. The molecule has 1 unspecified atom stereocenters. The number of rotatable bonds is 1. The molecular weight excluding hydrogens is 330 g/mol. The Hall–Kier alpha value is -0.370. The number of hydrogen-bond acceptors (Lipinski definition) is 3. The van der Waals surface area contributed by atoms with E-state index in [9.17, 15) is 9.18 Å². The minimum absolute atomic E-state index is 0.0154. The number of carbonyl (C=O) groups excluding carboxylic acids is 1. The number of carbonyl (C=O) groups is 1. The van der Waals surface area contributed by atoms with Crippen molar-refractivity contribution >= 4 is 46.9 Å². The van der Waals surface area contributed by atoms with Crippen LogP contribution in [0.4, 0.5) is 10.2 Å². The van der Waals surface area contributed by atoms with Crippen LogP contribution in [0.3, 0.4) is 0 Å². The van der Waals surface area contributed by atoms with Crippen molar-refractivity contribution in [1.82, 2.24) is 4.98 Å². The van der Waals surface area contributed by atoms with Crippen LogP contribution in [0, 0.1) is 9.52 Å². The predicted molar refractivity (Wildman–Crippen MR) is 66.7 cm³/mol. The molecule has 0 N–H and O–H groups in total. The van der Waals surface area contributed by atoms with Gasteiger partial charge in [-0.25, -0.2) is 4.98 Å². The van der Waals surface area contributed by atoms with E-state index in [1.54, 1.807) is 12.1 Å². The molecule has 1 aromatic rings. The molecular formula is C9H8FIN2OS. The summed E-state index contributed by atoms with van der Waals surface area (Å²) in [5, 5.41) is 0.0154. The van der Waals surface area contributed by atoms with E-state index >= 15 is 0 Å². The maximum atomic E-state index is 13.2. The van der Waals surface area contributed by atoms with E-state index in [2.05, 4.69) is 17.6 Å². The highest BCUT2D eigenvalue weighted by atomic mass is 127. The average molecular weight is 338 g/mol. The number of halogens is 2. The number of thiol groups is 1. The van der Waals surface area contributed by atoms with E-state index < -0.39 is 5.95 Å². The summed E-state index contributed by atoms with van der Waals surface area (Å²) >= 11 is 6.08.